The topological polar surface area (TPSA) is 61.8 Å². The average Bonchev–Trinajstić information content (AvgIpc) is 3.14. The van der Waals surface area contributed by atoms with Crippen molar-refractivity contribution in [3.8, 4) is 17.2 Å². The van der Waals surface area contributed by atoms with Gasteiger partial charge in [-0.1, -0.05) is 29.8 Å². The van der Waals surface area contributed by atoms with E-state index in [0.717, 1.165) is 18.1 Å². The molecule has 0 saturated carbocycles. The number of benzene rings is 3. The Bertz CT molecular complexity index is 1350. The Morgan fingerprint density at radius 3 is 2.14 bits per heavy atom. The minimum atomic E-state index is -2.36. The summed E-state index contributed by atoms with van der Waals surface area (Å²) in [7, 11) is 0. The normalized spacial score (nSPS) is 14.5. The number of halogens is 5. The van der Waals surface area contributed by atoms with Crippen molar-refractivity contribution in [3.63, 3.8) is 0 Å². The summed E-state index contributed by atoms with van der Waals surface area (Å²) in [5.41, 5.74) is 1.99. The van der Waals surface area contributed by atoms with Crippen molar-refractivity contribution in [1.82, 2.24) is 0 Å². The van der Waals surface area contributed by atoms with Crippen LogP contribution < -0.4 is 14.2 Å². The molecule has 0 bridgehead atoms. The van der Waals surface area contributed by atoms with E-state index in [-0.39, 0.29) is 28.6 Å². The molecule has 0 aliphatic carbocycles. The van der Waals surface area contributed by atoms with Gasteiger partial charge in [0.15, 0.2) is 17.6 Å². The maximum atomic E-state index is 13.8. The molecule has 4 rings (SSSR count). The molecular weight excluding hydrogens is 475 g/mol. The van der Waals surface area contributed by atoms with Crippen LogP contribution in [0.15, 0.2) is 48.2 Å². The molecule has 35 heavy (non-hydrogen) atoms. The fraction of sp³-hybridized carbons (Fsp3) is 0.120. The molecule has 1 aliphatic heterocycles. The highest BCUT2D eigenvalue weighted by atomic mass is 19.2. The Balaban J connectivity index is 1.49. The van der Waals surface area contributed by atoms with E-state index < -0.39 is 46.9 Å². The lowest BCUT2D eigenvalue weighted by Crippen LogP contribution is -2.29. The number of carbonyl (C=O) groups excluding carboxylic acids is 2. The van der Waals surface area contributed by atoms with Crippen LogP contribution in [0.25, 0.3) is 6.08 Å². The highest BCUT2D eigenvalue weighted by Crippen LogP contribution is 2.35. The lowest BCUT2D eigenvalue weighted by molar-refractivity contribution is -0.141. The van der Waals surface area contributed by atoms with Crippen molar-refractivity contribution in [3.05, 3.63) is 94.0 Å². The van der Waals surface area contributed by atoms with Crippen LogP contribution in [0.1, 0.15) is 28.4 Å². The van der Waals surface area contributed by atoms with E-state index >= 15 is 0 Å². The zero-order valence-electron chi connectivity index (χ0n) is 18.1. The van der Waals surface area contributed by atoms with E-state index in [0.29, 0.717) is 0 Å². The van der Waals surface area contributed by atoms with Crippen LogP contribution in [0.2, 0.25) is 0 Å². The molecule has 0 aromatic heterocycles. The smallest absolute Gasteiger partial charge is 0.352 e. The summed E-state index contributed by atoms with van der Waals surface area (Å²) in [5.74, 6) is -14.4. The maximum absolute atomic E-state index is 13.8. The lowest BCUT2D eigenvalue weighted by Gasteiger charge is -2.15. The summed E-state index contributed by atoms with van der Waals surface area (Å²) in [6.07, 6.45) is -0.205. The molecule has 3 aromatic rings. The highest BCUT2D eigenvalue weighted by Gasteiger charge is 2.31. The molecule has 0 saturated heterocycles. The summed E-state index contributed by atoms with van der Waals surface area (Å²) in [6, 6.07) is 11.2. The van der Waals surface area contributed by atoms with Gasteiger partial charge in [-0.15, -0.1) is 0 Å². The Labute approximate surface area is 195 Å². The molecule has 1 unspecified atom stereocenters. The summed E-state index contributed by atoms with van der Waals surface area (Å²) >= 11 is 0. The van der Waals surface area contributed by atoms with Crippen LogP contribution >= 0.6 is 0 Å². The van der Waals surface area contributed by atoms with Gasteiger partial charge in [-0.2, -0.15) is 8.78 Å². The van der Waals surface area contributed by atoms with E-state index in [9.17, 15) is 31.5 Å². The predicted octanol–water partition coefficient (Wildman–Crippen LogP) is 5.68. The largest absolute Gasteiger partial charge is 0.473 e. The number of carbonyl (C=O) groups is 2. The first-order chi connectivity index (χ1) is 16.6. The van der Waals surface area contributed by atoms with E-state index in [1.807, 2.05) is 19.1 Å². The first-order valence-corrected chi connectivity index (χ1v) is 10.1. The quantitative estimate of drug-likeness (QED) is 0.115. The molecule has 180 valence electrons. The SMILES string of the molecule is Cc1ccc(/C=C2\Oc3cc(OC(=O)C(C)Oc4c(F)c(F)c(F)c(F)c4F)ccc3C2=O)cc1. The second-order valence-electron chi connectivity index (χ2n) is 7.59. The van der Waals surface area contributed by atoms with E-state index in [1.165, 1.54) is 18.2 Å². The number of hydrogen-bond acceptors (Lipinski definition) is 5. The zero-order chi connectivity index (χ0) is 25.4. The van der Waals surface area contributed by atoms with Gasteiger partial charge in [0.05, 0.1) is 5.56 Å². The van der Waals surface area contributed by atoms with Gasteiger partial charge in [-0.05, 0) is 37.6 Å². The van der Waals surface area contributed by atoms with E-state index in [1.54, 1.807) is 18.2 Å². The number of esters is 1. The molecule has 0 amide bonds. The second-order valence-corrected chi connectivity index (χ2v) is 7.59. The van der Waals surface area contributed by atoms with Gasteiger partial charge in [0.2, 0.25) is 34.9 Å². The van der Waals surface area contributed by atoms with E-state index in [2.05, 4.69) is 4.74 Å². The van der Waals surface area contributed by atoms with Crippen LogP contribution in [-0.4, -0.2) is 17.9 Å². The predicted molar refractivity (Wildman–Crippen MR) is 113 cm³/mol. The monoisotopic (exact) mass is 490 g/mol. The van der Waals surface area contributed by atoms with Gasteiger partial charge in [0.1, 0.15) is 11.5 Å². The van der Waals surface area contributed by atoms with Gasteiger partial charge in [-0.25, -0.2) is 18.0 Å². The van der Waals surface area contributed by atoms with Gasteiger partial charge in [0.25, 0.3) is 0 Å². The number of fused-ring (bicyclic) bond motifs is 1. The number of ketones is 1. The Hall–Kier alpha value is -4.21. The molecule has 0 spiro atoms. The number of rotatable bonds is 5. The van der Waals surface area contributed by atoms with Crippen molar-refractivity contribution >= 4 is 17.8 Å². The number of allylic oxidation sites excluding steroid dienone is 1. The third kappa shape index (κ3) is 4.59. The standard InChI is InChI=1S/C25H15F5O5/c1-11-3-5-13(6-4-11)9-17-23(31)15-8-7-14(10-16(15)35-17)34-25(32)12(2)33-24-21(29)19(27)18(26)20(28)22(24)30/h3-10,12H,1-2H3/b17-9-. The minimum Gasteiger partial charge on any atom is -0.473 e. The number of Topliss-reactive ketones (excluding diaryl/α,β-unsaturated/α-hetero) is 1. The molecule has 5 nitrogen and oxygen atoms in total. The van der Waals surface area contributed by atoms with Crippen molar-refractivity contribution in [2.24, 2.45) is 0 Å². The first-order valence-electron chi connectivity index (χ1n) is 10.1. The third-order valence-electron chi connectivity index (χ3n) is 5.03. The fourth-order valence-corrected chi connectivity index (χ4v) is 3.16. The molecule has 1 heterocycles. The summed E-state index contributed by atoms with van der Waals surface area (Å²) in [6.45, 7) is 2.91. The molecular formula is C25H15F5O5. The fourth-order valence-electron chi connectivity index (χ4n) is 3.16. The summed E-state index contributed by atoms with van der Waals surface area (Å²) in [4.78, 5) is 24.9. The number of hydrogen-bond donors (Lipinski definition) is 0. The van der Waals surface area contributed by atoms with Crippen molar-refractivity contribution in [2.45, 2.75) is 20.0 Å². The van der Waals surface area contributed by atoms with Crippen molar-refractivity contribution < 1.29 is 45.8 Å². The van der Waals surface area contributed by atoms with Gasteiger partial charge >= 0.3 is 5.97 Å². The molecule has 1 aliphatic rings. The number of aryl methyl sites for hydroxylation is 1. The second kappa shape index (κ2) is 9.21. The minimum absolute atomic E-state index is 0.0512. The average molecular weight is 490 g/mol. The Morgan fingerprint density at radius 2 is 1.51 bits per heavy atom. The number of ether oxygens (including phenoxy) is 3. The van der Waals surface area contributed by atoms with E-state index in [4.69, 9.17) is 9.47 Å². The maximum Gasteiger partial charge on any atom is 0.352 e. The van der Waals surface area contributed by atoms with Crippen LogP contribution in [-0.2, 0) is 4.79 Å². The zero-order valence-corrected chi connectivity index (χ0v) is 18.1. The van der Waals surface area contributed by atoms with Crippen LogP contribution in [0.4, 0.5) is 22.0 Å². The molecule has 10 heteroatoms. The van der Waals surface area contributed by atoms with Crippen LogP contribution in [0, 0.1) is 36.0 Å². The molecule has 1 atom stereocenters. The molecule has 0 N–H and O–H groups in total. The Morgan fingerprint density at radius 1 is 0.914 bits per heavy atom. The first kappa shape index (κ1) is 23.9. The Kier molecular flexibility index (Phi) is 6.29. The van der Waals surface area contributed by atoms with Gasteiger partial charge in [0, 0.05) is 6.07 Å². The van der Waals surface area contributed by atoms with Crippen LogP contribution in [0.5, 0.6) is 17.2 Å². The molecule has 0 radical (unpaired) electrons. The lowest BCUT2D eigenvalue weighted by atomic mass is 10.1. The van der Waals surface area contributed by atoms with Gasteiger partial charge in [-0.3, -0.25) is 4.79 Å². The molecule has 0 fully saturated rings. The summed E-state index contributed by atoms with van der Waals surface area (Å²) < 4.78 is 82.7. The van der Waals surface area contributed by atoms with Crippen LogP contribution in [0.3, 0.4) is 0 Å². The molecule has 3 aromatic carbocycles. The summed E-state index contributed by atoms with van der Waals surface area (Å²) in [5, 5.41) is 0. The van der Waals surface area contributed by atoms with Gasteiger partial charge < -0.3 is 14.2 Å². The van der Waals surface area contributed by atoms with Crippen molar-refractivity contribution in [1.29, 1.82) is 0 Å². The highest BCUT2D eigenvalue weighted by molar-refractivity contribution is 6.14. The third-order valence-corrected chi connectivity index (χ3v) is 5.03. The van der Waals surface area contributed by atoms with Crippen molar-refractivity contribution in [2.75, 3.05) is 0 Å².